The average Bonchev–Trinajstić information content (AvgIpc) is 3.16. The van der Waals surface area contributed by atoms with Gasteiger partial charge in [0.2, 0.25) is 11.8 Å². The van der Waals surface area contributed by atoms with Crippen molar-refractivity contribution in [1.29, 1.82) is 0 Å². The van der Waals surface area contributed by atoms with Crippen LogP contribution in [0.4, 0.5) is 0 Å². The van der Waals surface area contributed by atoms with Gasteiger partial charge in [-0.1, -0.05) is 26.7 Å². The highest BCUT2D eigenvalue weighted by Crippen LogP contribution is 2.20. The number of nitrogens with zero attached hydrogens (tertiary/aromatic N) is 2. The minimum absolute atomic E-state index is 0.00518. The van der Waals surface area contributed by atoms with E-state index in [0.717, 1.165) is 23.5 Å². The van der Waals surface area contributed by atoms with Crippen LogP contribution in [-0.2, 0) is 16.1 Å². The molecule has 1 N–H and O–H groups in total. The standard InChI is InChI=1S/C17H27N3O2S/c1-12(2)17-19-14(11-23-17)10-20(3)16(22)9-8-15(21)18-13-6-4-5-7-13/h11-13H,4-10H2,1-3H3,(H,18,21). The average molecular weight is 337 g/mol. The van der Waals surface area contributed by atoms with E-state index in [-0.39, 0.29) is 24.7 Å². The molecular weight excluding hydrogens is 310 g/mol. The Labute approximate surface area is 142 Å². The summed E-state index contributed by atoms with van der Waals surface area (Å²) in [6.45, 7) is 4.73. The summed E-state index contributed by atoms with van der Waals surface area (Å²) in [7, 11) is 1.77. The predicted molar refractivity (Wildman–Crippen MR) is 92.3 cm³/mol. The Morgan fingerprint density at radius 2 is 2.04 bits per heavy atom. The van der Waals surface area contributed by atoms with Gasteiger partial charge in [0, 0.05) is 37.2 Å². The minimum Gasteiger partial charge on any atom is -0.353 e. The van der Waals surface area contributed by atoms with Gasteiger partial charge >= 0.3 is 0 Å². The monoisotopic (exact) mass is 337 g/mol. The zero-order valence-electron chi connectivity index (χ0n) is 14.3. The third kappa shape index (κ3) is 5.61. The third-order valence-electron chi connectivity index (χ3n) is 4.17. The lowest BCUT2D eigenvalue weighted by Gasteiger charge is -2.16. The Kier molecular flexibility index (Phi) is 6.57. The van der Waals surface area contributed by atoms with Crippen molar-refractivity contribution >= 4 is 23.2 Å². The van der Waals surface area contributed by atoms with Gasteiger partial charge in [-0.3, -0.25) is 9.59 Å². The first-order valence-corrected chi connectivity index (χ1v) is 9.31. The highest BCUT2D eigenvalue weighted by molar-refractivity contribution is 7.09. The van der Waals surface area contributed by atoms with E-state index >= 15 is 0 Å². The quantitative estimate of drug-likeness (QED) is 0.832. The molecule has 1 fully saturated rings. The summed E-state index contributed by atoms with van der Waals surface area (Å²) in [6.07, 6.45) is 5.06. The molecule has 0 spiro atoms. The molecule has 1 aromatic rings. The first kappa shape index (κ1) is 17.9. The van der Waals surface area contributed by atoms with Gasteiger partial charge in [0.25, 0.3) is 0 Å². The van der Waals surface area contributed by atoms with Crippen molar-refractivity contribution < 1.29 is 9.59 Å². The fraction of sp³-hybridized carbons (Fsp3) is 0.706. The van der Waals surface area contributed by atoms with Crippen molar-refractivity contribution in [3.63, 3.8) is 0 Å². The number of nitrogens with one attached hydrogen (secondary N) is 1. The molecule has 0 radical (unpaired) electrons. The predicted octanol–water partition coefficient (Wildman–Crippen LogP) is 3.06. The fourth-order valence-corrected chi connectivity index (χ4v) is 3.60. The smallest absolute Gasteiger partial charge is 0.223 e. The van der Waals surface area contributed by atoms with E-state index in [1.54, 1.807) is 23.3 Å². The van der Waals surface area contributed by atoms with Crippen molar-refractivity contribution in [1.82, 2.24) is 15.2 Å². The van der Waals surface area contributed by atoms with Gasteiger partial charge < -0.3 is 10.2 Å². The first-order chi connectivity index (χ1) is 11.0. The second-order valence-corrected chi connectivity index (χ2v) is 7.52. The van der Waals surface area contributed by atoms with Gasteiger partial charge in [-0.15, -0.1) is 11.3 Å². The van der Waals surface area contributed by atoms with Gasteiger partial charge in [0.15, 0.2) is 0 Å². The number of rotatable bonds is 7. The number of aromatic nitrogens is 1. The van der Waals surface area contributed by atoms with Crippen LogP contribution in [0.3, 0.4) is 0 Å². The van der Waals surface area contributed by atoms with E-state index in [9.17, 15) is 9.59 Å². The lowest BCUT2D eigenvalue weighted by molar-refractivity contribution is -0.133. The summed E-state index contributed by atoms with van der Waals surface area (Å²) >= 11 is 1.63. The van der Waals surface area contributed by atoms with Crippen LogP contribution in [0.1, 0.15) is 69.0 Å². The summed E-state index contributed by atoms with van der Waals surface area (Å²) in [5.41, 5.74) is 0.921. The van der Waals surface area contributed by atoms with Crippen molar-refractivity contribution in [2.75, 3.05) is 7.05 Å². The molecule has 0 bridgehead atoms. The van der Waals surface area contributed by atoms with Crippen LogP contribution in [0.25, 0.3) is 0 Å². The van der Waals surface area contributed by atoms with Gasteiger partial charge in [-0.2, -0.15) is 0 Å². The Morgan fingerprint density at radius 1 is 1.35 bits per heavy atom. The van der Waals surface area contributed by atoms with E-state index in [4.69, 9.17) is 0 Å². The number of carbonyl (C=O) groups excluding carboxylic acids is 2. The molecule has 1 aromatic heterocycles. The molecule has 23 heavy (non-hydrogen) atoms. The highest BCUT2D eigenvalue weighted by Gasteiger charge is 2.18. The minimum atomic E-state index is -0.00864. The largest absolute Gasteiger partial charge is 0.353 e. The third-order valence-corrected chi connectivity index (χ3v) is 5.37. The molecule has 1 aliphatic rings. The molecule has 2 amide bonds. The molecule has 0 aliphatic heterocycles. The van der Waals surface area contributed by atoms with Crippen LogP contribution in [0.15, 0.2) is 5.38 Å². The number of hydrogen-bond acceptors (Lipinski definition) is 4. The van der Waals surface area contributed by atoms with E-state index in [1.807, 2.05) is 5.38 Å². The summed E-state index contributed by atoms with van der Waals surface area (Å²) in [6, 6.07) is 0.319. The van der Waals surface area contributed by atoms with E-state index < -0.39 is 0 Å². The summed E-state index contributed by atoms with van der Waals surface area (Å²) in [5, 5.41) is 6.12. The molecule has 1 aliphatic carbocycles. The van der Waals surface area contributed by atoms with Crippen LogP contribution in [0.5, 0.6) is 0 Å². The molecule has 0 atom stereocenters. The SMILES string of the molecule is CC(C)c1nc(CN(C)C(=O)CCC(=O)NC2CCCC2)cs1. The molecule has 0 unspecified atom stereocenters. The number of amides is 2. The van der Waals surface area contributed by atoms with Crippen molar-refractivity contribution in [3.05, 3.63) is 16.1 Å². The summed E-state index contributed by atoms with van der Waals surface area (Å²) < 4.78 is 0. The van der Waals surface area contributed by atoms with Crippen molar-refractivity contribution in [3.8, 4) is 0 Å². The molecule has 2 rings (SSSR count). The number of thiazole rings is 1. The van der Waals surface area contributed by atoms with Gasteiger partial charge in [0.05, 0.1) is 17.2 Å². The maximum atomic E-state index is 12.2. The Hall–Kier alpha value is -1.43. The van der Waals surface area contributed by atoms with E-state index in [1.165, 1.54) is 12.8 Å². The van der Waals surface area contributed by atoms with Crippen LogP contribution in [0, 0.1) is 0 Å². The zero-order chi connectivity index (χ0) is 16.8. The highest BCUT2D eigenvalue weighted by atomic mass is 32.1. The maximum Gasteiger partial charge on any atom is 0.223 e. The molecule has 0 aromatic carbocycles. The number of hydrogen-bond donors (Lipinski definition) is 1. The van der Waals surface area contributed by atoms with E-state index in [2.05, 4.69) is 24.1 Å². The summed E-state index contributed by atoms with van der Waals surface area (Å²) in [5.74, 6) is 0.397. The normalized spacial score (nSPS) is 15.1. The van der Waals surface area contributed by atoms with Crippen LogP contribution < -0.4 is 5.32 Å². The molecule has 128 valence electrons. The van der Waals surface area contributed by atoms with Crippen molar-refractivity contribution in [2.24, 2.45) is 0 Å². The van der Waals surface area contributed by atoms with Crippen LogP contribution in [0.2, 0.25) is 0 Å². The molecule has 5 nitrogen and oxygen atoms in total. The Morgan fingerprint density at radius 3 is 2.65 bits per heavy atom. The second kappa shape index (κ2) is 8.43. The Bertz CT molecular complexity index is 536. The summed E-state index contributed by atoms with van der Waals surface area (Å²) in [4.78, 5) is 30.2. The molecule has 1 heterocycles. The molecule has 6 heteroatoms. The van der Waals surface area contributed by atoms with Gasteiger partial charge in [0.1, 0.15) is 0 Å². The molecular formula is C17H27N3O2S. The zero-order valence-corrected chi connectivity index (χ0v) is 15.1. The maximum absolute atomic E-state index is 12.2. The topological polar surface area (TPSA) is 62.3 Å². The second-order valence-electron chi connectivity index (χ2n) is 6.63. The van der Waals surface area contributed by atoms with Crippen LogP contribution >= 0.6 is 11.3 Å². The lowest BCUT2D eigenvalue weighted by Crippen LogP contribution is -2.34. The lowest BCUT2D eigenvalue weighted by atomic mass is 10.2. The van der Waals surface area contributed by atoms with Gasteiger partial charge in [-0.05, 0) is 12.8 Å². The van der Waals surface area contributed by atoms with Gasteiger partial charge in [-0.25, -0.2) is 4.98 Å². The van der Waals surface area contributed by atoms with E-state index in [0.29, 0.717) is 18.5 Å². The van der Waals surface area contributed by atoms with Crippen molar-refractivity contribution in [2.45, 2.75) is 70.9 Å². The molecule has 1 saturated carbocycles. The number of carbonyl (C=O) groups is 2. The first-order valence-electron chi connectivity index (χ1n) is 8.43. The van der Waals surface area contributed by atoms with Crippen LogP contribution in [-0.4, -0.2) is 34.8 Å². The fourth-order valence-electron chi connectivity index (χ4n) is 2.77. The Balaban J connectivity index is 1.72. The molecule has 0 saturated heterocycles.